The van der Waals surface area contributed by atoms with E-state index in [1.165, 1.54) is 18.4 Å². The van der Waals surface area contributed by atoms with E-state index >= 15 is 0 Å². The first-order valence-corrected chi connectivity index (χ1v) is 8.62. The van der Waals surface area contributed by atoms with Crippen LogP contribution in [0, 0.1) is 5.92 Å². The van der Waals surface area contributed by atoms with Crippen LogP contribution in [-0.4, -0.2) is 29.6 Å². The highest BCUT2D eigenvalue weighted by Gasteiger charge is 2.18. The highest BCUT2D eigenvalue weighted by molar-refractivity contribution is 5.50. The molecule has 2 aromatic rings. The zero-order chi connectivity index (χ0) is 16.1. The van der Waals surface area contributed by atoms with E-state index in [-0.39, 0.29) is 0 Å². The molecule has 0 amide bonds. The molecule has 0 atom stereocenters. The van der Waals surface area contributed by atoms with Crippen molar-refractivity contribution in [3.8, 4) is 0 Å². The van der Waals surface area contributed by atoms with Crippen LogP contribution in [-0.2, 0) is 6.54 Å². The summed E-state index contributed by atoms with van der Waals surface area (Å²) in [6.45, 7) is 8.52. The number of aromatic nitrogens is 2. The first-order valence-electron chi connectivity index (χ1n) is 8.62. The molecule has 4 heteroatoms. The van der Waals surface area contributed by atoms with E-state index in [1.54, 1.807) is 6.33 Å². The van der Waals surface area contributed by atoms with Gasteiger partial charge in [-0.15, -0.1) is 0 Å². The summed E-state index contributed by atoms with van der Waals surface area (Å²) in [4.78, 5) is 13.7. The van der Waals surface area contributed by atoms with E-state index in [1.807, 2.05) is 0 Å². The van der Waals surface area contributed by atoms with Crippen molar-refractivity contribution in [3.63, 3.8) is 0 Å². The van der Waals surface area contributed by atoms with Crippen LogP contribution >= 0.6 is 0 Å². The van der Waals surface area contributed by atoms with Gasteiger partial charge in [0.15, 0.2) is 0 Å². The number of nitrogens with zero attached hydrogens (tertiary/aromatic N) is 4. The van der Waals surface area contributed by atoms with Gasteiger partial charge in [0.05, 0.1) is 0 Å². The van der Waals surface area contributed by atoms with Crippen molar-refractivity contribution in [3.05, 3.63) is 48.3 Å². The minimum atomic E-state index is 0.831. The average Bonchev–Trinajstić information content (AvgIpc) is 2.61. The van der Waals surface area contributed by atoms with Gasteiger partial charge >= 0.3 is 0 Å². The van der Waals surface area contributed by atoms with Crippen molar-refractivity contribution < 1.29 is 0 Å². The van der Waals surface area contributed by atoms with E-state index in [0.717, 1.165) is 43.7 Å². The Labute approximate surface area is 139 Å². The van der Waals surface area contributed by atoms with Crippen molar-refractivity contribution in [2.24, 2.45) is 5.92 Å². The van der Waals surface area contributed by atoms with Gasteiger partial charge in [-0.05, 0) is 31.2 Å². The van der Waals surface area contributed by atoms with Crippen LogP contribution in [0.2, 0.25) is 0 Å². The second kappa shape index (κ2) is 7.44. The maximum Gasteiger partial charge on any atom is 0.134 e. The smallest absolute Gasteiger partial charge is 0.134 e. The number of hydrogen-bond donors (Lipinski definition) is 0. The first-order chi connectivity index (χ1) is 11.3. The quantitative estimate of drug-likeness (QED) is 0.842. The Kier molecular flexibility index (Phi) is 5.11. The van der Waals surface area contributed by atoms with Gasteiger partial charge in [-0.3, -0.25) is 0 Å². The fourth-order valence-electron chi connectivity index (χ4n) is 3.08. The van der Waals surface area contributed by atoms with Gasteiger partial charge in [-0.2, -0.15) is 0 Å². The lowest BCUT2D eigenvalue weighted by Gasteiger charge is -2.32. The van der Waals surface area contributed by atoms with Gasteiger partial charge in [-0.1, -0.05) is 37.3 Å². The number of hydrogen-bond acceptors (Lipinski definition) is 4. The van der Waals surface area contributed by atoms with E-state index in [2.05, 4.69) is 70.0 Å². The molecule has 1 fully saturated rings. The van der Waals surface area contributed by atoms with E-state index in [9.17, 15) is 0 Å². The van der Waals surface area contributed by atoms with E-state index in [0.29, 0.717) is 0 Å². The largest absolute Gasteiger partial charge is 0.356 e. The summed E-state index contributed by atoms with van der Waals surface area (Å²) in [6.07, 6.45) is 4.21. The average molecular weight is 310 g/mol. The molecular weight excluding hydrogens is 284 g/mol. The molecule has 1 aliphatic rings. The lowest BCUT2D eigenvalue weighted by molar-refractivity contribution is 0.436. The minimum Gasteiger partial charge on any atom is -0.356 e. The third kappa shape index (κ3) is 4.01. The summed E-state index contributed by atoms with van der Waals surface area (Å²) < 4.78 is 0. The molecule has 2 heterocycles. The Morgan fingerprint density at radius 2 is 1.87 bits per heavy atom. The Balaban J connectivity index is 1.74. The fourth-order valence-corrected chi connectivity index (χ4v) is 3.08. The molecule has 1 aromatic heterocycles. The van der Waals surface area contributed by atoms with Gasteiger partial charge in [-0.25, -0.2) is 9.97 Å². The third-order valence-corrected chi connectivity index (χ3v) is 4.67. The maximum absolute atomic E-state index is 4.50. The number of anilines is 2. The summed E-state index contributed by atoms with van der Waals surface area (Å²) in [5.74, 6) is 2.91. The van der Waals surface area contributed by atoms with Crippen LogP contribution in [0.4, 0.5) is 11.6 Å². The zero-order valence-corrected chi connectivity index (χ0v) is 14.2. The predicted molar refractivity (Wildman–Crippen MR) is 95.8 cm³/mol. The molecule has 0 radical (unpaired) electrons. The topological polar surface area (TPSA) is 32.3 Å². The Morgan fingerprint density at radius 3 is 2.57 bits per heavy atom. The highest BCUT2D eigenvalue weighted by Crippen LogP contribution is 2.24. The molecule has 4 nitrogen and oxygen atoms in total. The molecule has 0 unspecified atom stereocenters. The van der Waals surface area contributed by atoms with Crippen LogP contribution in [0.3, 0.4) is 0 Å². The lowest BCUT2D eigenvalue weighted by Crippen LogP contribution is -2.33. The molecule has 0 spiro atoms. The summed E-state index contributed by atoms with van der Waals surface area (Å²) in [6, 6.07) is 12.7. The minimum absolute atomic E-state index is 0.831. The highest BCUT2D eigenvalue weighted by atomic mass is 15.2. The Morgan fingerprint density at radius 1 is 1.13 bits per heavy atom. The molecule has 1 saturated heterocycles. The normalized spacial score (nSPS) is 15.7. The van der Waals surface area contributed by atoms with Crippen molar-refractivity contribution in [2.45, 2.75) is 33.2 Å². The van der Waals surface area contributed by atoms with Gasteiger partial charge in [0.25, 0.3) is 0 Å². The predicted octanol–water partition coefficient (Wildman–Crippen LogP) is 3.74. The van der Waals surface area contributed by atoms with Crippen molar-refractivity contribution in [1.29, 1.82) is 0 Å². The van der Waals surface area contributed by atoms with Crippen LogP contribution < -0.4 is 9.80 Å². The molecule has 0 N–H and O–H groups in total. The lowest BCUT2D eigenvalue weighted by atomic mass is 9.99. The Hall–Kier alpha value is -2.10. The molecular formula is C19H26N4. The summed E-state index contributed by atoms with van der Waals surface area (Å²) in [7, 11) is 0. The second-order valence-corrected chi connectivity index (χ2v) is 6.40. The van der Waals surface area contributed by atoms with Gasteiger partial charge in [0.2, 0.25) is 0 Å². The molecule has 122 valence electrons. The van der Waals surface area contributed by atoms with Crippen molar-refractivity contribution >= 4 is 11.6 Å². The monoisotopic (exact) mass is 310 g/mol. The van der Waals surface area contributed by atoms with Gasteiger partial charge < -0.3 is 9.80 Å². The van der Waals surface area contributed by atoms with Gasteiger partial charge in [0, 0.05) is 32.2 Å². The van der Waals surface area contributed by atoms with Crippen molar-refractivity contribution in [1.82, 2.24) is 9.97 Å². The standard InChI is InChI=1S/C19H26N4/c1-3-22(14-17-7-5-4-6-8-17)18-13-19(21-15-20-18)23-11-9-16(2)10-12-23/h4-8,13,15-16H,3,9-12,14H2,1-2H3. The third-order valence-electron chi connectivity index (χ3n) is 4.67. The molecule has 0 saturated carbocycles. The first kappa shape index (κ1) is 15.8. The van der Waals surface area contributed by atoms with Crippen LogP contribution in [0.25, 0.3) is 0 Å². The van der Waals surface area contributed by atoms with E-state index < -0.39 is 0 Å². The number of rotatable bonds is 5. The molecule has 0 aliphatic carbocycles. The zero-order valence-electron chi connectivity index (χ0n) is 14.2. The van der Waals surface area contributed by atoms with Gasteiger partial charge in [0.1, 0.15) is 18.0 Å². The molecule has 1 aromatic carbocycles. The molecule has 1 aliphatic heterocycles. The SMILES string of the molecule is CCN(Cc1ccccc1)c1cc(N2CCC(C)CC2)ncn1. The second-order valence-electron chi connectivity index (χ2n) is 6.40. The Bertz CT molecular complexity index is 606. The van der Waals surface area contributed by atoms with Crippen molar-refractivity contribution in [2.75, 3.05) is 29.4 Å². The number of piperidine rings is 1. The van der Waals surface area contributed by atoms with Crippen LogP contribution in [0.1, 0.15) is 32.3 Å². The fraction of sp³-hybridized carbons (Fsp3) is 0.474. The molecule has 0 bridgehead atoms. The van der Waals surface area contributed by atoms with Crippen LogP contribution in [0.5, 0.6) is 0 Å². The summed E-state index contributed by atoms with van der Waals surface area (Å²) in [5.41, 5.74) is 1.31. The maximum atomic E-state index is 4.50. The van der Waals surface area contributed by atoms with E-state index in [4.69, 9.17) is 0 Å². The molecule has 23 heavy (non-hydrogen) atoms. The van der Waals surface area contributed by atoms with Crippen LogP contribution in [0.15, 0.2) is 42.7 Å². The summed E-state index contributed by atoms with van der Waals surface area (Å²) in [5, 5.41) is 0. The molecule has 3 rings (SSSR count). The summed E-state index contributed by atoms with van der Waals surface area (Å²) >= 11 is 0. The number of benzene rings is 1.